The van der Waals surface area contributed by atoms with Gasteiger partial charge in [-0.25, -0.2) is 0 Å². The van der Waals surface area contributed by atoms with Crippen molar-refractivity contribution in [1.29, 1.82) is 0 Å². The minimum absolute atomic E-state index is 0. The van der Waals surface area contributed by atoms with Crippen molar-refractivity contribution in [2.24, 2.45) is 17.7 Å². The maximum atomic E-state index is 5.37. The Bertz CT molecular complexity index is 121. The lowest BCUT2D eigenvalue weighted by atomic mass is 9.96. The molecule has 2 aliphatic carbocycles. The van der Waals surface area contributed by atoms with Gasteiger partial charge in [-0.1, -0.05) is 6.42 Å². The molecule has 4 heteroatoms. The second kappa shape index (κ2) is 4.51. The average Bonchev–Trinajstić information content (AvgIpc) is 2.45. The Hall–Kier alpha value is 0.500. The molecular weight excluding hydrogens is 183 g/mol. The molecule has 2 aliphatic rings. The summed E-state index contributed by atoms with van der Waals surface area (Å²) in [6.07, 6.45) is 5.65. The van der Waals surface area contributed by atoms with Gasteiger partial charge in [-0.05, 0) is 31.1 Å². The molecular formula is C7H16Cl2N2. The average molecular weight is 199 g/mol. The molecule has 0 radical (unpaired) electrons. The van der Waals surface area contributed by atoms with Crippen LogP contribution in [0.2, 0.25) is 0 Å². The maximum absolute atomic E-state index is 5.37. The van der Waals surface area contributed by atoms with Crippen LogP contribution in [0, 0.1) is 11.8 Å². The van der Waals surface area contributed by atoms with Crippen LogP contribution in [0.5, 0.6) is 0 Å². The van der Waals surface area contributed by atoms with E-state index in [0.29, 0.717) is 6.04 Å². The number of hydrogen-bond donors (Lipinski definition) is 2. The first-order valence-corrected chi connectivity index (χ1v) is 3.86. The number of nitrogens with one attached hydrogen (secondary N) is 1. The molecule has 0 saturated heterocycles. The van der Waals surface area contributed by atoms with Gasteiger partial charge >= 0.3 is 0 Å². The molecule has 68 valence electrons. The van der Waals surface area contributed by atoms with E-state index in [9.17, 15) is 0 Å². The van der Waals surface area contributed by atoms with E-state index in [0.717, 1.165) is 11.8 Å². The van der Waals surface area contributed by atoms with Crippen LogP contribution in [0.15, 0.2) is 0 Å². The lowest BCUT2D eigenvalue weighted by molar-refractivity contribution is 0.357. The second-order valence-electron chi connectivity index (χ2n) is 3.45. The fraction of sp³-hybridized carbons (Fsp3) is 1.00. The number of rotatable bonds is 1. The molecule has 11 heavy (non-hydrogen) atoms. The van der Waals surface area contributed by atoms with Crippen LogP contribution in [0.25, 0.3) is 0 Å². The zero-order valence-electron chi connectivity index (χ0n) is 6.45. The highest BCUT2D eigenvalue weighted by molar-refractivity contribution is 5.85. The van der Waals surface area contributed by atoms with Crippen molar-refractivity contribution < 1.29 is 0 Å². The summed E-state index contributed by atoms with van der Waals surface area (Å²) >= 11 is 0. The van der Waals surface area contributed by atoms with E-state index in [2.05, 4.69) is 5.43 Å². The predicted octanol–water partition coefficient (Wildman–Crippen LogP) is 1.48. The van der Waals surface area contributed by atoms with Gasteiger partial charge in [0.2, 0.25) is 0 Å². The molecule has 2 nitrogen and oxygen atoms in total. The van der Waals surface area contributed by atoms with Gasteiger partial charge in [-0.3, -0.25) is 11.3 Å². The van der Waals surface area contributed by atoms with Crippen molar-refractivity contribution >= 4 is 24.8 Å². The Kier molecular flexibility index (Phi) is 4.71. The molecule has 2 rings (SSSR count). The van der Waals surface area contributed by atoms with Crippen LogP contribution in [0.3, 0.4) is 0 Å². The molecule has 0 aromatic heterocycles. The minimum atomic E-state index is 0. The Morgan fingerprint density at radius 1 is 1.09 bits per heavy atom. The van der Waals surface area contributed by atoms with Gasteiger partial charge in [0, 0.05) is 6.04 Å². The van der Waals surface area contributed by atoms with E-state index in [-0.39, 0.29) is 24.8 Å². The number of hydrogen-bond acceptors (Lipinski definition) is 2. The molecule has 3 N–H and O–H groups in total. The highest BCUT2D eigenvalue weighted by Gasteiger charge is 2.38. The third kappa shape index (κ3) is 2.00. The van der Waals surface area contributed by atoms with Crippen LogP contribution < -0.4 is 11.3 Å². The lowest BCUT2D eigenvalue weighted by Crippen LogP contribution is -2.38. The Morgan fingerprint density at radius 3 is 2.09 bits per heavy atom. The summed E-state index contributed by atoms with van der Waals surface area (Å²) in [6, 6.07) is 0.656. The topological polar surface area (TPSA) is 38.0 Å². The monoisotopic (exact) mass is 198 g/mol. The van der Waals surface area contributed by atoms with Crippen molar-refractivity contribution in [3.8, 4) is 0 Å². The van der Waals surface area contributed by atoms with Gasteiger partial charge in [0.25, 0.3) is 0 Å². The summed E-state index contributed by atoms with van der Waals surface area (Å²) in [6.45, 7) is 0. The van der Waals surface area contributed by atoms with Crippen LogP contribution >= 0.6 is 24.8 Å². The highest BCUT2D eigenvalue weighted by atomic mass is 35.5. The van der Waals surface area contributed by atoms with Crippen LogP contribution in [0.1, 0.15) is 25.7 Å². The second-order valence-corrected chi connectivity index (χ2v) is 3.45. The molecule has 3 atom stereocenters. The smallest absolute Gasteiger partial charge is 0.0241 e. The molecule has 3 unspecified atom stereocenters. The first kappa shape index (κ1) is 11.5. The van der Waals surface area contributed by atoms with Crippen molar-refractivity contribution in [2.75, 3.05) is 0 Å². The number of hydrazine groups is 1. The summed E-state index contributed by atoms with van der Waals surface area (Å²) in [4.78, 5) is 0. The summed E-state index contributed by atoms with van der Waals surface area (Å²) in [5, 5.41) is 0. The normalized spacial score (nSPS) is 39.5. The van der Waals surface area contributed by atoms with Gasteiger partial charge in [0.05, 0.1) is 0 Å². The number of nitrogens with two attached hydrogens (primary N) is 1. The molecule has 0 heterocycles. The van der Waals surface area contributed by atoms with Crippen molar-refractivity contribution in [1.82, 2.24) is 5.43 Å². The zero-order chi connectivity index (χ0) is 6.27. The SMILES string of the molecule is Cl.Cl.NNC1CC2CCC1C2. The molecule has 0 amide bonds. The summed E-state index contributed by atoms with van der Waals surface area (Å²) in [7, 11) is 0. The lowest BCUT2D eigenvalue weighted by Gasteiger charge is -2.19. The van der Waals surface area contributed by atoms with Gasteiger partial charge < -0.3 is 0 Å². The third-order valence-corrected chi connectivity index (χ3v) is 2.95. The van der Waals surface area contributed by atoms with Crippen molar-refractivity contribution in [3.05, 3.63) is 0 Å². The molecule has 0 aromatic rings. The summed E-state index contributed by atoms with van der Waals surface area (Å²) in [5.41, 5.74) is 2.90. The maximum Gasteiger partial charge on any atom is 0.0241 e. The van der Waals surface area contributed by atoms with E-state index in [1.807, 2.05) is 0 Å². The highest BCUT2D eigenvalue weighted by Crippen LogP contribution is 2.43. The zero-order valence-corrected chi connectivity index (χ0v) is 8.09. The van der Waals surface area contributed by atoms with Gasteiger partial charge in [0.1, 0.15) is 0 Å². The Morgan fingerprint density at radius 2 is 1.82 bits per heavy atom. The first-order valence-electron chi connectivity index (χ1n) is 3.86. The van der Waals surface area contributed by atoms with E-state index in [4.69, 9.17) is 5.84 Å². The quantitative estimate of drug-likeness (QED) is 0.496. The molecule has 2 saturated carbocycles. The fourth-order valence-corrected chi connectivity index (χ4v) is 2.45. The fourth-order valence-electron chi connectivity index (χ4n) is 2.45. The van der Waals surface area contributed by atoms with Crippen LogP contribution in [-0.2, 0) is 0 Å². The van der Waals surface area contributed by atoms with E-state index >= 15 is 0 Å². The largest absolute Gasteiger partial charge is 0.271 e. The van der Waals surface area contributed by atoms with Crippen molar-refractivity contribution in [3.63, 3.8) is 0 Å². The molecule has 0 spiro atoms. The number of halogens is 2. The molecule has 2 bridgehead atoms. The molecule has 0 aromatic carbocycles. The minimum Gasteiger partial charge on any atom is -0.271 e. The Balaban J connectivity index is 0.000000500. The Labute approximate surface area is 80.1 Å². The van der Waals surface area contributed by atoms with Gasteiger partial charge in [-0.2, -0.15) is 0 Å². The van der Waals surface area contributed by atoms with E-state index in [1.165, 1.54) is 25.7 Å². The predicted molar refractivity (Wildman–Crippen MR) is 51.1 cm³/mol. The molecule has 2 fully saturated rings. The summed E-state index contributed by atoms with van der Waals surface area (Å²) in [5.74, 6) is 7.30. The first-order chi connectivity index (χ1) is 4.40. The van der Waals surface area contributed by atoms with E-state index in [1.54, 1.807) is 0 Å². The number of fused-ring (bicyclic) bond motifs is 2. The van der Waals surface area contributed by atoms with E-state index < -0.39 is 0 Å². The summed E-state index contributed by atoms with van der Waals surface area (Å²) < 4.78 is 0. The van der Waals surface area contributed by atoms with Crippen LogP contribution in [0.4, 0.5) is 0 Å². The van der Waals surface area contributed by atoms with Gasteiger partial charge in [-0.15, -0.1) is 24.8 Å². The molecule has 0 aliphatic heterocycles. The standard InChI is InChI=1S/C7H14N2.2ClH/c8-9-7-4-5-1-2-6(7)3-5;;/h5-7,9H,1-4,8H2;2*1H. The van der Waals surface area contributed by atoms with Crippen molar-refractivity contribution in [2.45, 2.75) is 31.7 Å². The third-order valence-electron chi connectivity index (χ3n) is 2.95. The van der Waals surface area contributed by atoms with Gasteiger partial charge in [0.15, 0.2) is 0 Å². The van der Waals surface area contributed by atoms with Crippen LogP contribution in [-0.4, -0.2) is 6.04 Å².